The van der Waals surface area contributed by atoms with E-state index in [0.717, 1.165) is 20.8 Å². The second-order valence-corrected chi connectivity index (χ2v) is 5.72. The molecule has 0 fully saturated rings. The molecule has 4 heteroatoms. The molecule has 0 unspecified atom stereocenters. The van der Waals surface area contributed by atoms with Crippen molar-refractivity contribution in [1.82, 2.24) is 4.68 Å². The molecule has 0 amide bonds. The summed E-state index contributed by atoms with van der Waals surface area (Å²) in [7, 11) is 0. The van der Waals surface area contributed by atoms with E-state index in [1.165, 1.54) is 11.3 Å². The highest BCUT2D eigenvalue weighted by Crippen LogP contribution is 2.23. The van der Waals surface area contributed by atoms with E-state index in [2.05, 4.69) is 17.2 Å². The zero-order valence-electron chi connectivity index (χ0n) is 10.6. The first-order valence-electron chi connectivity index (χ1n) is 6.20. The van der Waals surface area contributed by atoms with Gasteiger partial charge < -0.3 is 0 Å². The Labute approximate surface area is 126 Å². The normalized spacial score (nSPS) is 11.0. The minimum Gasteiger partial charge on any atom is -0.211 e. The molecular weight excluding hydrogens is 284 g/mol. The standard InChI is InChI=1S/C16H12N2S2/c19-16-18(17-11-13-7-3-1-4-8-13)15(12-20-16)14-9-5-2-6-10-14/h1-12H/b17-11-. The third-order valence-electron chi connectivity index (χ3n) is 2.86. The minimum atomic E-state index is 0.746. The van der Waals surface area contributed by atoms with Gasteiger partial charge in [-0.25, -0.2) is 4.68 Å². The first kappa shape index (κ1) is 13.0. The molecule has 0 atom stereocenters. The van der Waals surface area contributed by atoms with Crippen molar-refractivity contribution in [1.29, 1.82) is 0 Å². The molecule has 0 radical (unpaired) electrons. The molecule has 0 N–H and O–H groups in total. The first-order valence-corrected chi connectivity index (χ1v) is 7.49. The largest absolute Gasteiger partial charge is 0.211 e. The van der Waals surface area contributed by atoms with Crippen LogP contribution >= 0.6 is 23.6 Å². The fourth-order valence-electron chi connectivity index (χ4n) is 1.88. The highest BCUT2D eigenvalue weighted by Gasteiger charge is 2.05. The van der Waals surface area contributed by atoms with Crippen LogP contribution in [0.2, 0.25) is 0 Å². The van der Waals surface area contributed by atoms with Gasteiger partial charge in [-0.2, -0.15) is 5.10 Å². The molecule has 20 heavy (non-hydrogen) atoms. The third-order valence-corrected chi connectivity index (χ3v) is 4.04. The highest BCUT2D eigenvalue weighted by molar-refractivity contribution is 7.73. The number of hydrogen-bond donors (Lipinski definition) is 0. The van der Waals surface area contributed by atoms with Gasteiger partial charge in [0, 0.05) is 10.9 Å². The topological polar surface area (TPSA) is 17.3 Å². The first-order chi connectivity index (χ1) is 9.84. The fraction of sp³-hybridized carbons (Fsp3) is 0. The second kappa shape index (κ2) is 5.94. The van der Waals surface area contributed by atoms with Crippen LogP contribution in [-0.2, 0) is 0 Å². The molecule has 0 spiro atoms. The molecule has 2 nitrogen and oxygen atoms in total. The van der Waals surface area contributed by atoms with Crippen LogP contribution in [0.5, 0.6) is 0 Å². The van der Waals surface area contributed by atoms with Crippen molar-refractivity contribution in [2.45, 2.75) is 0 Å². The van der Waals surface area contributed by atoms with E-state index in [4.69, 9.17) is 12.2 Å². The van der Waals surface area contributed by atoms with Crippen LogP contribution in [0.25, 0.3) is 11.3 Å². The number of rotatable bonds is 3. The van der Waals surface area contributed by atoms with Crippen molar-refractivity contribution in [3.63, 3.8) is 0 Å². The van der Waals surface area contributed by atoms with Crippen molar-refractivity contribution in [2.75, 3.05) is 0 Å². The van der Waals surface area contributed by atoms with Crippen LogP contribution in [0.3, 0.4) is 0 Å². The van der Waals surface area contributed by atoms with Gasteiger partial charge in [-0.15, -0.1) is 11.3 Å². The van der Waals surface area contributed by atoms with Crippen LogP contribution in [0.15, 0.2) is 71.1 Å². The van der Waals surface area contributed by atoms with Crippen LogP contribution in [0.1, 0.15) is 5.56 Å². The fourth-order valence-corrected chi connectivity index (χ4v) is 2.86. The average Bonchev–Trinajstić information content (AvgIpc) is 2.88. The lowest BCUT2D eigenvalue weighted by molar-refractivity contribution is 0.897. The van der Waals surface area contributed by atoms with Gasteiger partial charge in [-0.05, 0) is 17.8 Å². The molecule has 3 rings (SSSR count). The summed E-state index contributed by atoms with van der Waals surface area (Å²) in [5, 5.41) is 6.55. The van der Waals surface area contributed by atoms with Gasteiger partial charge in [0.15, 0.2) is 3.95 Å². The van der Waals surface area contributed by atoms with E-state index in [9.17, 15) is 0 Å². The summed E-state index contributed by atoms with van der Waals surface area (Å²) in [6.45, 7) is 0. The van der Waals surface area contributed by atoms with E-state index in [0.29, 0.717) is 0 Å². The van der Waals surface area contributed by atoms with Gasteiger partial charge in [-0.1, -0.05) is 60.7 Å². The Bertz CT molecular complexity index is 771. The Morgan fingerprint density at radius 2 is 1.60 bits per heavy atom. The summed E-state index contributed by atoms with van der Waals surface area (Å²) in [5.41, 5.74) is 3.19. The molecule has 3 aromatic rings. The van der Waals surface area contributed by atoms with Gasteiger partial charge in [0.25, 0.3) is 0 Å². The third kappa shape index (κ3) is 2.76. The van der Waals surface area contributed by atoms with Gasteiger partial charge >= 0.3 is 0 Å². The number of aromatic nitrogens is 1. The Morgan fingerprint density at radius 3 is 2.30 bits per heavy atom. The Hall–Kier alpha value is -2.04. The zero-order valence-corrected chi connectivity index (χ0v) is 12.3. The van der Waals surface area contributed by atoms with Gasteiger partial charge in [0.05, 0.1) is 11.9 Å². The SMILES string of the molecule is S=c1scc(-c2ccccc2)n1/N=C\c1ccccc1. The predicted octanol–water partition coefficient (Wildman–Crippen LogP) is 4.83. The molecule has 98 valence electrons. The lowest BCUT2D eigenvalue weighted by Gasteiger charge is -2.02. The summed E-state index contributed by atoms with van der Waals surface area (Å²) in [4.78, 5) is 0. The van der Waals surface area contributed by atoms with Crippen LogP contribution in [0.4, 0.5) is 0 Å². The Balaban J connectivity index is 2.01. The molecule has 0 aliphatic heterocycles. The zero-order chi connectivity index (χ0) is 13.8. The molecule has 0 saturated carbocycles. The van der Waals surface area contributed by atoms with Crippen LogP contribution in [-0.4, -0.2) is 10.9 Å². The Morgan fingerprint density at radius 1 is 0.950 bits per heavy atom. The number of thiazole rings is 1. The van der Waals surface area contributed by atoms with Gasteiger partial charge in [-0.3, -0.25) is 0 Å². The lowest BCUT2D eigenvalue weighted by atomic mass is 10.2. The van der Waals surface area contributed by atoms with E-state index >= 15 is 0 Å². The summed E-state index contributed by atoms with van der Waals surface area (Å²) >= 11 is 6.88. The maximum atomic E-state index is 5.36. The van der Waals surface area contributed by atoms with Crippen LogP contribution < -0.4 is 0 Å². The number of nitrogens with zero attached hydrogens (tertiary/aromatic N) is 2. The predicted molar refractivity (Wildman–Crippen MR) is 88.0 cm³/mol. The summed E-state index contributed by atoms with van der Waals surface area (Å²) in [5.74, 6) is 0. The molecule has 2 aromatic carbocycles. The summed E-state index contributed by atoms with van der Waals surface area (Å²) < 4.78 is 2.55. The lowest BCUT2D eigenvalue weighted by Crippen LogP contribution is -1.93. The molecule has 0 aliphatic carbocycles. The molecule has 0 aliphatic rings. The Kier molecular flexibility index (Phi) is 3.85. The van der Waals surface area contributed by atoms with E-state index in [-0.39, 0.29) is 0 Å². The maximum absolute atomic E-state index is 5.36. The quantitative estimate of drug-likeness (QED) is 0.500. The average molecular weight is 296 g/mol. The molecule has 1 aromatic heterocycles. The van der Waals surface area contributed by atoms with Gasteiger partial charge in [0.1, 0.15) is 0 Å². The monoisotopic (exact) mass is 296 g/mol. The molecular formula is C16H12N2S2. The van der Waals surface area contributed by atoms with E-state index in [1.807, 2.05) is 64.8 Å². The molecule has 0 saturated heterocycles. The maximum Gasteiger partial charge on any atom is 0.182 e. The second-order valence-electron chi connectivity index (χ2n) is 4.22. The van der Waals surface area contributed by atoms with Crippen molar-refractivity contribution in [3.8, 4) is 11.3 Å². The smallest absolute Gasteiger partial charge is 0.182 e. The van der Waals surface area contributed by atoms with Crippen molar-refractivity contribution in [2.24, 2.45) is 5.10 Å². The van der Waals surface area contributed by atoms with Crippen molar-refractivity contribution < 1.29 is 0 Å². The van der Waals surface area contributed by atoms with Crippen molar-refractivity contribution >= 4 is 29.8 Å². The van der Waals surface area contributed by atoms with Crippen LogP contribution in [0, 0.1) is 3.95 Å². The van der Waals surface area contributed by atoms with E-state index < -0.39 is 0 Å². The molecule has 1 heterocycles. The number of benzene rings is 2. The molecule has 0 bridgehead atoms. The van der Waals surface area contributed by atoms with E-state index in [1.54, 1.807) is 0 Å². The summed E-state index contributed by atoms with van der Waals surface area (Å²) in [6.07, 6.45) is 1.83. The highest BCUT2D eigenvalue weighted by atomic mass is 32.1. The minimum absolute atomic E-state index is 0.746. The van der Waals surface area contributed by atoms with Crippen molar-refractivity contribution in [3.05, 3.63) is 75.6 Å². The van der Waals surface area contributed by atoms with Gasteiger partial charge in [0.2, 0.25) is 0 Å². The number of hydrogen-bond acceptors (Lipinski definition) is 3. The summed E-state index contributed by atoms with van der Waals surface area (Å²) in [6, 6.07) is 20.2.